The van der Waals surface area contributed by atoms with E-state index in [4.69, 9.17) is 5.41 Å². The van der Waals surface area contributed by atoms with E-state index in [1.165, 1.54) is 0 Å². The zero-order valence-electron chi connectivity index (χ0n) is 5.73. The molecule has 3 nitrogen and oxygen atoms in total. The lowest BCUT2D eigenvalue weighted by Crippen LogP contribution is -2.03. The van der Waals surface area contributed by atoms with Gasteiger partial charge in [0.15, 0.2) is 0 Å². The van der Waals surface area contributed by atoms with Gasteiger partial charge in [0.25, 0.3) is 0 Å². The van der Waals surface area contributed by atoms with Crippen LogP contribution in [-0.4, -0.2) is 19.6 Å². The summed E-state index contributed by atoms with van der Waals surface area (Å²) in [6.45, 7) is 5.06. The predicted molar refractivity (Wildman–Crippen MR) is 40.1 cm³/mol. The van der Waals surface area contributed by atoms with Gasteiger partial charge in [-0.05, 0) is 13.6 Å². The number of hydrogen-bond donors (Lipinski definition) is 2. The largest absolute Gasteiger partial charge is 0.392 e. The van der Waals surface area contributed by atoms with Crippen LogP contribution in [0.2, 0.25) is 0 Å². The van der Waals surface area contributed by atoms with Gasteiger partial charge in [-0.2, -0.15) is 0 Å². The van der Waals surface area contributed by atoms with Gasteiger partial charge in [0.2, 0.25) is 0 Å². The fourth-order valence-corrected chi connectivity index (χ4v) is 0.323. The first-order valence-corrected chi connectivity index (χ1v) is 2.62. The number of nitrogens with zero attached hydrogens (tertiary/aromatic N) is 1. The second-order valence-electron chi connectivity index (χ2n) is 1.62. The number of hydrogen-bond acceptors (Lipinski definition) is 2. The van der Waals surface area contributed by atoms with Crippen LogP contribution in [0.4, 0.5) is 0 Å². The van der Waals surface area contributed by atoms with Crippen LogP contribution in [-0.2, 0) is 0 Å². The smallest absolute Gasteiger partial charge is 0.145 e. The predicted octanol–water partition coefficient (Wildman–Crippen LogP) is 0.787. The number of nitrogens with one attached hydrogen (secondary N) is 2. The Morgan fingerprint density at radius 2 is 2.33 bits per heavy atom. The zero-order chi connectivity index (χ0) is 7.28. The van der Waals surface area contributed by atoms with E-state index in [-0.39, 0.29) is 5.84 Å². The topological polar surface area (TPSA) is 48.2 Å². The summed E-state index contributed by atoms with van der Waals surface area (Å²) in [6.07, 6.45) is 1.60. The molecule has 0 rings (SSSR count). The molecule has 0 heterocycles. The molecule has 0 saturated heterocycles. The van der Waals surface area contributed by atoms with Crippen LogP contribution in [0.25, 0.3) is 0 Å². The zero-order valence-corrected chi connectivity index (χ0v) is 5.73. The van der Waals surface area contributed by atoms with Crippen molar-refractivity contribution in [2.45, 2.75) is 6.92 Å². The third-order valence-corrected chi connectivity index (χ3v) is 0.918. The second kappa shape index (κ2) is 3.83. The normalized spacial score (nSPS) is 10.7. The van der Waals surface area contributed by atoms with Crippen molar-refractivity contribution >= 4 is 12.6 Å². The molecule has 0 aromatic heterocycles. The molecule has 0 radical (unpaired) electrons. The quantitative estimate of drug-likeness (QED) is 0.416. The molecule has 0 aliphatic rings. The van der Waals surface area contributed by atoms with E-state index < -0.39 is 0 Å². The molecule has 0 aliphatic heterocycles. The number of amidine groups is 1. The number of rotatable bonds is 2. The fourth-order valence-electron chi connectivity index (χ4n) is 0.323. The molecule has 50 valence electrons. The minimum atomic E-state index is 0.182. The third-order valence-electron chi connectivity index (χ3n) is 0.918. The molecule has 2 N–H and O–H groups in total. The van der Waals surface area contributed by atoms with Crippen molar-refractivity contribution in [3.05, 3.63) is 11.8 Å². The maximum Gasteiger partial charge on any atom is 0.145 e. The molecule has 0 aliphatic carbocycles. The van der Waals surface area contributed by atoms with Crippen LogP contribution in [0.5, 0.6) is 0 Å². The highest BCUT2D eigenvalue weighted by molar-refractivity contribution is 5.93. The lowest BCUT2D eigenvalue weighted by Gasteiger charge is -1.95. The summed E-state index contributed by atoms with van der Waals surface area (Å²) < 4.78 is 0. The fraction of sp³-hybridized carbons (Fsp3) is 0.333. The number of allylic oxidation sites excluding steroid dienone is 1. The minimum Gasteiger partial charge on any atom is -0.392 e. The first-order chi connectivity index (χ1) is 4.20. The van der Waals surface area contributed by atoms with E-state index in [0.29, 0.717) is 0 Å². The summed E-state index contributed by atoms with van der Waals surface area (Å²) in [5, 5.41) is 9.89. The molecule has 0 spiro atoms. The van der Waals surface area contributed by atoms with Crippen LogP contribution in [0.3, 0.4) is 0 Å². The third kappa shape index (κ3) is 3.46. The Morgan fingerprint density at radius 3 is 2.67 bits per heavy atom. The van der Waals surface area contributed by atoms with Crippen molar-refractivity contribution in [3.63, 3.8) is 0 Å². The summed E-state index contributed by atoms with van der Waals surface area (Å²) in [4.78, 5) is 3.39. The molecule has 0 fully saturated rings. The van der Waals surface area contributed by atoms with Crippen molar-refractivity contribution in [2.75, 3.05) is 7.05 Å². The molecule has 9 heavy (non-hydrogen) atoms. The Kier molecular flexibility index (Phi) is 3.35. The highest BCUT2D eigenvalue weighted by Gasteiger charge is 1.84. The summed E-state index contributed by atoms with van der Waals surface area (Å²) in [7, 11) is 1.79. The van der Waals surface area contributed by atoms with Gasteiger partial charge in [-0.25, -0.2) is 4.99 Å². The molecule has 0 bridgehead atoms. The van der Waals surface area contributed by atoms with Crippen molar-refractivity contribution in [1.82, 2.24) is 5.32 Å². The summed E-state index contributed by atoms with van der Waals surface area (Å²) in [5.74, 6) is 0.182. The van der Waals surface area contributed by atoms with Crippen molar-refractivity contribution in [3.8, 4) is 0 Å². The Hall–Kier alpha value is -1.12. The standard InChI is InChI=1S/C6H11N3/c1-5(8-2)4-6(7)9-3/h4,7-8H,3H2,1-2H3. The monoisotopic (exact) mass is 125 g/mol. The minimum absolute atomic E-state index is 0.182. The van der Waals surface area contributed by atoms with E-state index in [2.05, 4.69) is 17.0 Å². The first kappa shape index (κ1) is 7.88. The van der Waals surface area contributed by atoms with Crippen molar-refractivity contribution < 1.29 is 0 Å². The average molecular weight is 125 g/mol. The summed E-state index contributed by atoms with van der Waals surface area (Å²) in [6, 6.07) is 0. The lowest BCUT2D eigenvalue weighted by atomic mass is 10.4. The van der Waals surface area contributed by atoms with E-state index in [0.717, 1.165) is 5.70 Å². The van der Waals surface area contributed by atoms with Gasteiger partial charge < -0.3 is 5.32 Å². The SMILES string of the molecule is C=NC(=N)C=C(C)NC. The van der Waals surface area contributed by atoms with Gasteiger partial charge in [-0.1, -0.05) is 0 Å². The van der Waals surface area contributed by atoms with Gasteiger partial charge in [0, 0.05) is 18.8 Å². The molecular weight excluding hydrogens is 114 g/mol. The maximum absolute atomic E-state index is 7.03. The molecule has 0 atom stereocenters. The van der Waals surface area contributed by atoms with Crippen molar-refractivity contribution in [2.24, 2.45) is 4.99 Å². The molecule has 0 amide bonds. The van der Waals surface area contributed by atoms with Gasteiger partial charge in [0.1, 0.15) is 5.84 Å². The van der Waals surface area contributed by atoms with Crippen LogP contribution < -0.4 is 5.32 Å². The van der Waals surface area contributed by atoms with E-state index in [1.54, 1.807) is 13.1 Å². The van der Waals surface area contributed by atoms with Gasteiger partial charge in [-0.3, -0.25) is 5.41 Å². The number of aliphatic imine (C=N–C) groups is 1. The van der Waals surface area contributed by atoms with E-state index in [9.17, 15) is 0 Å². The molecular formula is C6H11N3. The Morgan fingerprint density at radius 1 is 1.78 bits per heavy atom. The highest BCUT2D eigenvalue weighted by Crippen LogP contribution is 1.85. The van der Waals surface area contributed by atoms with Gasteiger partial charge >= 0.3 is 0 Å². The van der Waals surface area contributed by atoms with Crippen LogP contribution in [0.1, 0.15) is 6.92 Å². The van der Waals surface area contributed by atoms with E-state index in [1.807, 2.05) is 6.92 Å². The second-order valence-corrected chi connectivity index (χ2v) is 1.62. The van der Waals surface area contributed by atoms with Gasteiger partial charge in [-0.15, -0.1) is 0 Å². The van der Waals surface area contributed by atoms with Crippen molar-refractivity contribution in [1.29, 1.82) is 5.41 Å². The summed E-state index contributed by atoms with van der Waals surface area (Å²) >= 11 is 0. The Bertz CT molecular complexity index is 146. The first-order valence-electron chi connectivity index (χ1n) is 2.62. The Labute approximate surface area is 55.0 Å². The molecule has 0 unspecified atom stereocenters. The highest BCUT2D eigenvalue weighted by atomic mass is 14.8. The average Bonchev–Trinajstić information content (AvgIpc) is 1.87. The lowest BCUT2D eigenvalue weighted by molar-refractivity contribution is 0.992. The molecule has 0 aromatic rings. The molecule has 0 aromatic carbocycles. The molecule has 0 saturated carbocycles. The summed E-state index contributed by atoms with van der Waals surface area (Å²) in [5.41, 5.74) is 0.910. The molecule has 3 heteroatoms. The van der Waals surface area contributed by atoms with Crippen LogP contribution >= 0.6 is 0 Å². The maximum atomic E-state index is 7.03. The van der Waals surface area contributed by atoms with E-state index >= 15 is 0 Å². The van der Waals surface area contributed by atoms with Gasteiger partial charge in [0.05, 0.1) is 0 Å². The van der Waals surface area contributed by atoms with Crippen LogP contribution in [0, 0.1) is 5.41 Å². The van der Waals surface area contributed by atoms with Crippen LogP contribution in [0.15, 0.2) is 16.8 Å². The Balaban J connectivity index is 3.94.